The zero-order chi connectivity index (χ0) is 8.60. The first kappa shape index (κ1) is 8.24. The maximum atomic E-state index is 11.6. The summed E-state index contributed by atoms with van der Waals surface area (Å²) in [6.07, 6.45) is 4.07. The molecular formula is C10H16O2. The molecular weight excluding hydrogens is 152 g/mol. The Morgan fingerprint density at radius 1 is 1.58 bits per heavy atom. The minimum absolute atomic E-state index is 0.0720. The largest absolute Gasteiger partial charge is 0.381 e. The second-order valence-electron chi connectivity index (χ2n) is 4.42. The van der Waals surface area contributed by atoms with E-state index in [0.29, 0.717) is 11.7 Å². The van der Waals surface area contributed by atoms with E-state index in [0.717, 1.165) is 38.9 Å². The van der Waals surface area contributed by atoms with Gasteiger partial charge in [-0.1, -0.05) is 6.92 Å². The summed E-state index contributed by atoms with van der Waals surface area (Å²) in [6.45, 7) is 3.75. The number of carbonyl (C=O) groups is 1. The van der Waals surface area contributed by atoms with Crippen molar-refractivity contribution in [2.75, 3.05) is 13.2 Å². The predicted octanol–water partition coefficient (Wildman–Crippen LogP) is 1.78. The Labute approximate surface area is 73.3 Å². The molecule has 1 saturated heterocycles. The Hall–Kier alpha value is -0.370. The van der Waals surface area contributed by atoms with Gasteiger partial charge in [0.15, 0.2) is 0 Å². The number of Topliss-reactive ketones (excluding diaryl/α,β-unsaturated/α-hetero) is 1. The Bertz CT molecular complexity index is 188. The normalized spacial score (nSPS) is 31.9. The van der Waals surface area contributed by atoms with Gasteiger partial charge in [-0.2, -0.15) is 0 Å². The zero-order valence-corrected chi connectivity index (χ0v) is 7.64. The Balaban J connectivity index is 1.82. The van der Waals surface area contributed by atoms with E-state index in [4.69, 9.17) is 4.74 Å². The summed E-state index contributed by atoms with van der Waals surface area (Å²) in [7, 11) is 0. The van der Waals surface area contributed by atoms with Gasteiger partial charge >= 0.3 is 0 Å². The van der Waals surface area contributed by atoms with Crippen LogP contribution < -0.4 is 0 Å². The van der Waals surface area contributed by atoms with Gasteiger partial charge in [0.1, 0.15) is 5.78 Å². The smallest absolute Gasteiger partial charge is 0.139 e. The number of rotatable bonds is 3. The van der Waals surface area contributed by atoms with Gasteiger partial charge in [0, 0.05) is 25.0 Å². The van der Waals surface area contributed by atoms with Crippen LogP contribution in [0.1, 0.15) is 32.6 Å². The van der Waals surface area contributed by atoms with Crippen LogP contribution in [0.3, 0.4) is 0 Å². The SMILES string of the molecule is CC1(C(=O)CC2CCOC2)CC1. The van der Waals surface area contributed by atoms with Crippen LogP contribution in [-0.2, 0) is 9.53 Å². The van der Waals surface area contributed by atoms with Crippen molar-refractivity contribution in [2.45, 2.75) is 32.6 Å². The van der Waals surface area contributed by atoms with Crippen LogP contribution in [0.15, 0.2) is 0 Å². The fourth-order valence-electron chi connectivity index (χ4n) is 1.72. The molecule has 2 aliphatic rings. The van der Waals surface area contributed by atoms with Crippen molar-refractivity contribution in [1.82, 2.24) is 0 Å². The first-order chi connectivity index (χ1) is 5.71. The lowest BCUT2D eigenvalue weighted by Crippen LogP contribution is -2.16. The maximum Gasteiger partial charge on any atom is 0.139 e. The Morgan fingerprint density at radius 3 is 2.83 bits per heavy atom. The van der Waals surface area contributed by atoms with Crippen LogP contribution in [0.2, 0.25) is 0 Å². The molecule has 0 radical (unpaired) electrons. The van der Waals surface area contributed by atoms with Crippen LogP contribution in [0.4, 0.5) is 0 Å². The highest BCUT2D eigenvalue weighted by molar-refractivity contribution is 5.87. The maximum absolute atomic E-state index is 11.6. The summed E-state index contributed by atoms with van der Waals surface area (Å²) >= 11 is 0. The summed E-state index contributed by atoms with van der Waals surface area (Å²) in [4.78, 5) is 11.6. The molecule has 0 aromatic carbocycles. The molecule has 1 unspecified atom stereocenters. The quantitative estimate of drug-likeness (QED) is 0.642. The van der Waals surface area contributed by atoms with Crippen LogP contribution >= 0.6 is 0 Å². The van der Waals surface area contributed by atoms with Gasteiger partial charge in [0.05, 0.1) is 0 Å². The standard InChI is InChI=1S/C10H16O2/c1-10(3-4-10)9(11)6-8-2-5-12-7-8/h8H,2-7H2,1H3. The van der Waals surface area contributed by atoms with E-state index < -0.39 is 0 Å². The molecule has 2 heteroatoms. The lowest BCUT2D eigenvalue weighted by molar-refractivity contribution is -0.124. The minimum Gasteiger partial charge on any atom is -0.381 e. The molecule has 0 N–H and O–H groups in total. The third-order valence-corrected chi connectivity index (χ3v) is 3.17. The number of hydrogen-bond donors (Lipinski definition) is 0. The third-order valence-electron chi connectivity index (χ3n) is 3.17. The molecule has 1 atom stereocenters. The Morgan fingerprint density at radius 2 is 2.33 bits per heavy atom. The Kier molecular flexibility index (Phi) is 1.95. The molecule has 2 nitrogen and oxygen atoms in total. The van der Waals surface area contributed by atoms with E-state index in [2.05, 4.69) is 6.92 Å². The predicted molar refractivity (Wildman–Crippen MR) is 45.9 cm³/mol. The van der Waals surface area contributed by atoms with E-state index in [-0.39, 0.29) is 5.41 Å². The molecule has 1 saturated carbocycles. The molecule has 0 aromatic heterocycles. The molecule has 1 heterocycles. The minimum atomic E-state index is 0.0720. The van der Waals surface area contributed by atoms with Crippen molar-refractivity contribution >= 4 is 5.78 Å². The monoisotopic (exact) mass is 168 g/mol. The van der Waals surface area contributed by atoms with Crippen molar-refractivity contribution in [3.8, 4) is 0 Å². The van der Waals surface area contributed by atoms with Crippen molar-refractivity contribution in [2.24, 2.45) is 11.3 Å². The molecule has 2 fully saturated rings. The number of ether oxygens (including phenoxy) is 1. The van der Waals surface area contributed by atoms with Gasteiger partial charge in [0.25, 0.3) is 0 Å². The molecule has 0 aromatic rings. The fraction of sp³-hybridized carbons (Fsp3) is 0.900. The van der Waals surface area contributed by atoms with Crippen LogP contribution in [-0.4, -0.2) is 19.0 Å². The van der Waals surface area contributed by atoms with Crippen LogP contribution in [0.25, 0.3) is 0 Å². The number of hydrogen-bond acceptors (Lipinski definition) is 2. The zero-order valence-electron chi connectivity index (χ0n) is 7.64. The highest BCUT2D eigenvalue weighted by Crippen LogP contribution is 2.47. The summed E-state index contributed by atoms with van der Waals surface area (Å²) in [5, 5.41) is 0. The first-order valence-corrected chi connectivity index (χ1v) is 4.82. The molecule has 0 bridgehead atoms. The molecule has 1 aliphatic carbocycles. The third kappa shape index (κ3) is 1.53. The van der Waals surface area contributed by atoms with E-state index in [1.54, 1.807) is 0 Å². The topological polar surface area (TPSA) is 26.3 Å². The van der Waals surface area contributed by atoms with Crippen molar-refractivity contribution in [3.05, 3.63) is 0 Å². The summed E-state index contributed by atoms with van der Waals surface area (Å²) in [5.74, 6) is 0.993. The van der Waals surface area contributed by atoms with Gasteiger partial charge < -0.3 is 4.74 Å². The van der Waals surface area contributed by atoms with Gasteiger partial charge in [-0.25, -0.2) is 0 Å². The van der Waals surface area contributed by atoms with Crippen molar-refractivity contribution in [3.63, 3.8) is 0 Å². The summed E-state index contributed by atoms with van der Waals surface area (Å²) < 4.78 is 5.24. The van der Waals surface area contributed by atoms with Crippen molar-refractivity contribution < 1.29 is 9.53 Å². The van der Waals surface area contributed by atoms with Crippen LogP contribution in [0, 0.1) is 11.3 Å². The summed E-state index contributed by atoms with van der Waals surface area (Å²) in [5.41, 5.74) is 0.0720. The number of ketones is 1. The van der Waals surface area contributed by atoms with E-state index in [1.807, 2.05) is 0 Å². The van der Waals surface area contributed by atoms with Gasteiger partial charge in [0.2, 0.25) is 0 Å². The second kappa shape index (κ2) is 2.84. The molecule has 1 aliphatic heterocycles. The average molecular weight is 168 g/mol. The summed E-state index contributed by atoms with van der Waals surface area (Å²) in [6, 6.07) is 0. The molecule has 2 rings (SSSR count). The fourth-order valence-corrected chi connectivity index (χ4v) is 1.72. The van der Waals surface area contributed by atoms with Gasteiger partial charge in [-0.05, 0) is 25.2 Å². The van der Waals surface area contributed by atoms with Gasteiger partial charge in [-0.3, -0.25) is 4.79 Å². The van der Waals surface area contributed by atoms with E-state index in [1.165, 1.54) is 0 Å². The number of carbonyl (C=O) groups excluding carboxylic acids is 1. The highest BCUT2D eigenvalue weighted by atomic mass is 16.5. The molecule has 12 heavy (non-hydrogen) atoms. The van der Waals surface area contributed by atoms with Crippen molar-refractivity contribution in [1.29, 1.82) is 0 Å². The van der Waals surface area contributed by atoms with E-state index >= 15 is 0 Å². The lowest BCUT2D eigenvalue weighted by Gasteiger charge is -2.10. The van der Waals surface area contributed by atoms with E-state index in [9.17, 15) is 4.79 Å². The average Bonchev–Trinajstić information content (AvgIpc) is 2.63. The second-order valence-corrected chi connectivity index (χ2v) is 4.42. The lowest BCUT2D eigenvalue weighted by atomic mass is 9.93. The molecule has 0 amide bonds. The molecule has 0 spiro atoms. The van der Waals surface area contributed by atoms with Crippen LogP contribution in [0.5, 0.6) is 0 Å². The highest BCUT2D eigenvalue weighted by Gasteiger charge is 2.44. The van der Waals surface area contributed by atoms with Gasteiger partial charge in [-0.15, -0.1) is 0 Å². The first-order valence-electron chi connectivity index (χ1n) is 4.82. The molecule has 68 valence electrons.